The third-order valence-electron chi connectivity index (χ3n) is 3.60. The number of hydrogen-bond donors (Lipinski definition) is 0. The summed E-state index contributed by atoms with van der Waals surface area (Å²) in [5.41, 5.74) is 1.70. The van der Waals surface area contributed by atoms with E-state index in [4.69, 9.17) is 0 Å². The molecule has 0 aromatic heterocycles. The Morgan fingerprint density at radius 2 is 1.81 bits per heavy atom. The van der Waals surface area contributed by atoms with Gasteiger partial charge in [0.05, 0.1) is 5.69 Å². The first kappa shape index (κ1) is 15.3. The number of piperazine rings is 1. The van der Waals surface area contributed by atoms with Crippen LogP contribution in [0, 0.1) is 5.92 Å². The van der Waals surface area contributed by atoms with Gasteiger partial charge in [-0.25, -0.2) is 4.79 Å². The molecule has 5 nitrogen and oxygen atoms in total. The Labute approximate surface area is 125 Å². The van der Waals surface area contributed by atoms with E-state index in [1.165, 1.54) is 6.08 Å². The highest BCUT2D eigenvalue weighted by Crippen LogP contribution is 2.21. The fourth-order valence-electron chi connectivity index (χ4n) is 2.48. The lowest BCUT2D eigenvalue weighted by molar-refractivity contribution is -0.132. The molecule has 21 heavy (non-hydrogen) atoms. The van der Waals surface area contributed by atoms with Crippen molar-refractivity contribution in [2.75, 3.05) is 31.1 Å². The molecule has 1 aromatic carbocycles. The van der Waals surface area contributed by atoms with E-state index in [9.17, 15) is 9.59 Å². The van der Waals surface area contributed by atoms with E-state index >= 15 is 0 Å². The number of isocyanates is 1. The van der Waals surface area contributed by atoms with Crippen LogP contribution in [0.15, 0.2) is 29.3 Å². The maximum Gasteiger partial charge on any atom is 0.240 e. The number of benzene rings is 1. The molecule has 1 aromatic rings. The van der Waals surface area contributed by atoms with Gasteiger partial charge in [0.1, 0.15) is 0 Å². The predicted molar refractivity (Wildman–Crippen MR) is 82.5 cm³/mol. The van der Waals surface area contributed by atoms with Crippen LogP contribution < -0.4 is 4.90 Å². The highest BCUT2D eigenvalue weighted by Gasteiger charge is 2.21. The van der Waals surface area contributed by atoms with Crippen molar-refractivity contribution in [2.24, 2.45) is 10.9 Å². The van der Waals surface area contributed by atoms with Crippen molar-refractivity contribution < 1.29 is 9.59 Å². The van der Waals surface area contributed by atoms with Gasteiger partial charge < -0.3 is 9.80 Å². The van der Waals surface area contributed by atoms with Gasteiger partial charge in [-0.1, -0.05) is 13.8 Å². The molecule has 1 amide bonds. The van der Waals surface area contributed by atoms with Crippen molar-refractivity contribution in [3.05, 3.63) is 24.3 Å². The smallest absolute Gasteiger partial charge is 0.240 e. The van der Waals surface area contributed by atoms with Gasteiger partial charge in [-0.15, -0.1) is 0 Å². The number of carbonyl (C=O) groups excluding carboxylic acids is 2. The van der Waals surface area contributed by atoms with Crippen LogP contribution in [-0.2, 0) is 9.59 Å². The zero-order valence-corrected chi connectivity index (χ0v) is 12.6. The molecule has 0 unspecified atom stereocenters. The fourth-order valence-corrected chi connectivity index (χ4v) is 2.48. The number of amides is 1. The molecule has 1 saturated heterocycles. The largest absolute Gasteiger partial charge is 0.368 e. The maximum absolute atomic E-state index is 12.0. The molecule has 1 aliphatic heterocycles. The molecule has 0 radical (unpaired) electrons. The summed E-state index contributed by atoms with van der Waals surface area (Å²) in [5, 5.41) is 0. The average Bonchev–Trinajstić information content (AvgIpc) is 2.48. The van der Waals surface area contributed by atoms with Gasteiger partial charge in [-0.3, -0.25) is 4.79 Å². The van der Waals surface area contributed by atoms with Crippen molar-refractivity contribution >= 4 is 23.4 Å². The normalized spacial score (nSPS) is 15.0. The zero-order valence-electron chi connectivity index (χ0n) is 12.6. The molecule has 2 rings (SSSR count). The second-order valence-electron chi connectivity index (χ2n) is 5.69. The standard InChI is InChI=1S/C16H21N3O2/c1-13(2)11-16(21)19-9-7-18(8-10-19)15-5-3-14(4-6-15)17-12-20/h3-6,13H,7-11H2,1-2H3. The van der Waals surface area contributed by atoms with Gasteiger partial charge in [0.2, 0.25) is 12.0 Å². The quantitative estimate of drug-likeness (QED) is 0.631. The first-order valence-corrected chi connectivity index (χ1v) is 7.31. The van der Waals surface area contributed by atoms with Crippen LogP contribution in [0.5, 0.6) is 0 Å². The minimum Gasteiger partial charge on any atom is -0.368 e. The Bertz CT molecular complexity index is 525. The number of hydrogen-bond acceptors (Lipinski definition) is 4. The summed E-state index contributed by atoms with van der Waals surface area (Å²) >= 11 is 0. The highest BCUT2D eigenvalue weighted by molar-refractivity contribution is 5.76. The lowest BCUT2D eigenvalue weighted by Crippen LogP contribution is -2.49. The SMILES string of the molecule is CC(C)CC(=O)N1CCN(c2ccc(N=C=O)cc2)CC1. The predicted octanol–water partition coefficient (Wildman–Crippen LogP) is 2.35. The van der Waals surface area contributed by atoms with Crippen LogP contribution in [0.25, 0.3) is 0 Å². The van der Waals surface area contributed by atoms with E-state index in [1.54, 1.807) is 12.1 Å². The van der Waals surface area contributed by atoms with Gasteiger partial charge in [0, 0.05) is 38.3 Å². The maximum atomic E-state index is 12.0. The molecular formula is C16H21N3O2. The first-order valence-electron chi connectivity index (χ1n) is 7.31. The fraction of sp³-hybridized carbons (Fsp3) is 0.500. The van der Waals surface area contributed by atoms with E-state index in [-0.39, 0.29) is 5.91 Å². The zero-order chi connectivity index (χ0) is 15.2. The van der Waals surface area contributed by atoms with Gasteiger partial charge >= 0.3 is 0 Å². The van der Waals surface area contributed by atoms with Gasteiger partial charge in [0.15, 0.2) is 0 Å². The Hall–Kier alpha value is -2.13. The van der Waals surface area contributed by atoms with E-state index in [1.807, 2.05) is 17.0 Å². The van der Waals surface area contributed by atoms with Crippen molar-refractivity contribution in [1.29, 1.82) is 0 Å². The minimum atomic E-state index is 0.250. The summed E-state index contributed by atoms with van der Waals surface area (Å²) < 4.78 is 0. The second-order valence-corrected chi connectivity index (χ2v) is 5.69. The summed E-state index contributed by atoms with van der Waals surface area (Å²) in [7, 11) is 0. The molecule has 0 aliphatic carbocycles. The van der Waals surface area contributed by atoms with Gasteiger partial charge in [-0.2, -0.15) is 4.99 Å². The summed E-state index contributed by atoms with van der Waals surface area (Å²) in [5.74, 6) is 0.654. The van der Waals surface area contributed by atoms with Crippen molar-refractivity contribution in [3.8, 4) is 0 Å². The van der Waals surface area contributed by atoms with Crippen molar-refractivity contribution in [2.45, 2.75) is 20.3 Å². The summed E-state index contributed by atoms with van der Waals surface area (Å²) in [6.07, 6.45) is 2.16. The molecule has 1 fully saturated rings. The number of rotatable bonds is 4. The molecule has 0 saturated carbocycles. The number of nitrogens with zero attached hydrogens (tertiary/aromatic N) is 3. The summed E-state index contributed by atoms with van der Waals surface area (Å²) in [6.45, 7) is 7.33. The van der Waals surface area contributed by atoms with Gasteiger partial charge in [0.25, 0.3) is 0 Å². The third kappa shape index (κ3) is 4.17. The van der Waals surface area contributed by atoms with E-state index in [2.05, 4.69) is 23.7 Å². The topological polar surface area (TPSA) is 53.0 Å². The Balaban J connectivity index is 1.91. The Morgan fingerprint density at radius 3 is 2.33 bits per heavy atom. The van der Waals surface area contributed by atoms with E-state index < -0.39 is 0 Å². The monoisotopic (exact) mass is 287 g/mol. The van der Waals surface area contributed by atoms with Crippen molar-refractivity contribution in [3.63, 3.8) is 0 Å². The molecule has 112 valence electrons. The number of anilines is 1. The van der Waals surface area contributed by atoms with Crippen LogP contribution >= 0.6 is 0 Å². The summed E-state index contributed by atoms with van der Waals surface area (Å²) in [4.78, 5) is 30.0. The molecule has 5 heteroatoms. The lowest BCUT2D eigenvalue weighted by atomic mass is 10.1. The average molecular weight is 287 g/mol. The molecular weight excluding hydrogens is 266 g/mol. The van der Waals surface area contributed by atoms with Crippen LogP contribution in [0.2, 0.25) is 0 Å². The molecule has 1 aliphatic rings. The Morgan fingerprint density at radius 1 is 1.19 bits per heavy atom. The first-order chi connectivity index (χ1) is 10.1. The number of carbonyl (C=O) groups is 1. The van der Waals surface area contributed by atoms with Crippen LogP contribution in [0.4, 0.5) is 11.4 Å². The second kappa shape index (κ2) is 7.04. The Kier molecular flexibility index (Phi) is 5.12. The third-order valence-corrected chi connectivity index (χ3v) is 3.60. The molecule has 0 N–H and O–H groups in total. The van der Waals surface area contributed by atoms with Gasteiger partial charge in [-0.05, 0) is 30.2 Å². The lowest BCUT2D eigenvalue weighted by Gasteiger charge is -2.36. The highest BCUT2D eigenvalue weighted by atomic mass is 16.2. The molecule has 0 spiro atoms. The molecule has 1 heterocycles. The van der Waals surface area contributed by atoms with Crippen LogP contribution in [0.3, 0.4) is 0 Å². The van der Waals surface area contributed by atoms with Crippen molar-refractivity contribution in [1.82, 2.24) is 4.90 Å². The molecule has 0 bridgehead atoms. The van der Waals surface area contributed by atoms with E-state index in [0.717, 1.165) is 31.9 Å². The summed E-state index contributed by atoms with van der Waals surface area (Å²) in [6, 6.07) is 7.50. The molecule has 0 atom stereocenters. The van der Waals surface area contributed by atoms with Crippen LogP contribution in [-0.4, -0.2) is 43.1 Å². The minimum absolute atomic E-state index is 0.250. The van der Waals surface area contributed by atoms with E-state index in [0.29, 0.717) is 18.0 Å². The van der Waals surface area contributed by atoms with Crippen LogP contribution in [0.1, 0.15) is 20.3 Å². The number of aliphatic imine (C=N–C) groups is 1.